The van der Waals surface area contributed by atoms with Crippen molar-refractivity contribution in [1.29, 1.82) is 0 Å². The number of hydrogen-bond donors (Lipinski definition) is 1. The predicted octanol–water partition coefficient (Wildman–Crippen LogP) is 3.01. The minimum atomic E-state index is 0.00000493. The number of carbonyl (C=O) groups excluding carboxylic acids is 1. The summed E-state index contributed by atoms with van der Waals surface area (Å²) in [6.45, 7) is 10.9. The van der Waals surface area contributed by atoms with Gasteiger partial charge in [-0.1, -0.05) is 20.3 Å². The van der Waals surface area contributed by atoms with Gasteiger partial charge in [0.05, 0.1) is 5.92 Å². The summed E-state index contributed by atoms with van der Waals surface area (Å²) in [6, 6.07) is 0. The molecule has 0 radical (unpaired) electrons. The van der Waals surface area contributed by atoms with Crippen LogP contribution in [0.4, 0.5) is 5.82 Å². The van der Waals surface area contributed by atoms with Gasteiger partial charge in [-0.15, -0.1) is 0 Å². The molecule has 1 saturated heterocycles. The van der Waals surface area contributed by atoms with Gasteiger partial charge in [-0.3, -0.25) is 4.79 Å². The first-order chi connectivity index (χ1) is 15.7. The molecule has 8 heteroatoms. The van der Waals surface area contributed by atoms with Crippen LogP contribution in [-0.2, 0) is 17.8 Å². The van der Waals surface area contributed by atoms with Crippen LogP contribution >= 0.6 is 0 Å². The lowest BCUT2D eigenvalue weighted by atomic mass is 9.97. The maximum atomic E-state index is 12.9. The number of anilines is 1. The van der Waals surface area contributed by atoms with E-state index in [-0.39, 0.29) is 11.8 Å². The Morgan fingerprint density at radius 2 is 1.94 bits per heavy atom. The third-order valence-corrected chi connectivity index (χ3v) is 6.77. The SMILES string of the molecule is CCCN(CCC)CCNC(=O)C1CCCN(c2ncnc3c2nc2n3CCCCC2)C1. The van der Waals surface area contributed by atoms with Gasteiger partial charge in [0.1, 0.15) is 12.2 Å². The average molecular weight is 442 g/mol. The number of rotatable bonds is 9. The van der Waals surface area contributed by atoms with Gasteiger partial charge in [0.25, 0.3) is 0 Å². The zero-order valence-electron chi connectivity index (χ0n) is 19.9. The zero-order valence-corrected chi connectivity index (χ0v) is 19.9. The van der Waals surface area contributed by atoms with Crippen LogP contribution in [0.5, 0.6) is 0 Å². The molecule has 2 aromatic heterocycles. The molecule has 0 aromatic carbocycles. The Balaban J connectivity index is 1.41. The number of carbonyl (C=O) groups is 1. The Kier molecular flexibility index (Phi) is 7.95. The molecule has 176 valence electrons. The quantitative estimate of drug-likeness (QED) is 0.644. The van der Waals surface area contributed by atoms with Crippen LogP contribution in [0.25, 0.3) is 11.2 Å². The maximum absolute atomic E-state index is 12.9. The fourth-order valence-corrected chi connectivity index (χ4v) is 5.19. The summed E-state index contributed by atoms with van der Waals surface area (Å²) >= 11 is 0. The van der Waals surface area contributed by atoms with Crippen LogP contribution in [0.3, 0.4) is 0 Å². The van der Waals surface area contributed by atoms with Crippen molar-refractivity contribution < 1.29 is 4.79 Å². The maximum Gasteiger partial charge on any atom is 0.224 e. The molecular formula is C24H39N7O. The minimum absolute atomic E-state index is 0.00000493. The Labute approximate surface area is 191 Å². The first kappa shape index (κ1) is 23.0. The average Bonchev–Trinajstić information content (AvgIpc) is 3.00. The van der Waals surface area contributed by atoms with Crippen molar-refractivity contribution in [2.45, 2.75) is 71.8 Å². The lowest BCUT2D eigenvalue weighted by molar-refractivity contribution is -0.125. The Hall–Kier alpha value is -2.22. The van der Waals surface area contributed by atoms with Gasteiger partial charge in [-0.05, 0) is 51.6 Å². The highest BCUT2D eigenvalue weighted by molar-refractivity contribution is 5.85. The van der Waals surface area contributed by atoms with E-state index < -0.39 is 0 Å². The van der Waals surface area contributed by atoms with E-state index in [4.69, 9.17) is 4.98 Å². The van der Waals surface area contributed by atoms with Crippen LogP contribution in [0.2, 0.25) is 0 Å². The molecule has 2 aliphatic rings. The van der Waals surface area contributed by atoms with Crippen LogP contribution in [0.15, 0.2) is 6.33 Å². The van der Waals surface area contributed by atoms with Crippen molar-refractivity contribution in [3.63, 3.8) is 0 Å². The van der Waals surface area contributed by atoms with E-state index in [1.54, 1.807) is 6.33 Å². The van der Waals surface area contributed by atoms with Gasteiger partial charge in [0, 0.05) is 39.1 Å². The van der Waals surface area contributed by atoms with Gasteiger partial charge in [0.2, 0.25) is 5.91 Å². The Morgan fingerprint density at radius 3 is 2.75 bits per heavy atom. The van der Waals surface area contributed by atoms with Gasteiger partial charge in [0.15, 0.2) is 17.0 Å². The molecular weight excluding hydrogens is 402 g/mol. The van der Waals surface area contributed by atoms with Crippen molar-refractivity contribution in [2.24, 2.45) is 5.92 Å². The number of aromatic nitrogens is 4. The molecule has 32 heavy (non-hydrogen) atoms. The second-order valence-electron chi connectivity index (χ2n) is 9.28. The summed E-state index contributed by atoms with van der Waals surface area (Å²) in [5.41, 5.74) is 1.85. The molecule has 0 spiro atoms. The lowest BCUT2D eigenvalue weighted by Crippen LogP contribution is -2.45. The van der Waals surface area contributed by atoms with E-state index in [0.717, 1.165) is 94.2 Å². The second kappa shape index (κ2) is 11.1. The summed E-state index contributed by atoms with van der Waals surface area (Å²) in [4.78, 5) is 31.8. The minimum Gasteiger partial charge on any atom is -0.355 e. The molecule has 4 rings (SSSR count). The fraction of sp³-hybridized carbons (Fsp3) is 0.750. The van der Waals surface area contributed by atoms with Gasteiger partial charge in [-0.2, -0.15) is 0 Å². The number of nitrogens with one attached hydrogen (secondary N) is 1. The van der Waals surface area contributed by atoms with Crippen molar-refractivity contribution in [1.82, 2.24) is 29.7 Å². The molecule has 1 amide bonds. The third-order valence-electron chi connectivity index (χ3n) is 6.77. The number of amides is 1. The molecule has 2 aliphatic heterocycles. The summed E-state index contributed by atoms with van der Waals surface area (Å²) in [7, 11) is 0. The van der Waals surface area contributed by atoms with Crippen molar-refractivity contribution in [2.75, 3.05) is 44.2 Å². The van der Waals surface area contributed by atoms with Crippen LogP contribution < -0.4 is 10.2 Å². The van der Waals surface area contributed by atoms with Gasteiger partial charge < -0.3 is 19.7 Å². The van der Waals surface area contributed by atoms with Crippen LogP contribution in [0.1, 0.15) is 64.6 Å². The molecule has 4 heterocycles. The van der Waals surface area contributed by atoms with Crippen molar-refractivity contribution >= 4 is 22.9 Å². The molecule has 1 fully saturated rings. The number of imidazole rings is 1. The van der Waals surface area contributed by atoms with E-state index >= 15 is 0 Å². The van der Waals surface area contributed by atoms with Gasteiger partial charge >= 0.3 is 0 Å². The Bertz CT molecular complexity index is 890. The van der Waals surface area contributed by atoms with Gasteiger partial charge in [-0.25, -0.2) is 15.0 Å². The van der Waals surface area contributed by atoms with E-state index in [1.807, 2.05) is 0 Å². The molecule has 1 atom stereocenters. The van der Waals surface area contributed by atoms with Crippen molar-refractivity contribution in [3.05, 3.63) is 12.2 Å². The molecule has 8 nitrogen and oxygen atoms in total. The molecule has 0 aliphatic carbocycles. The summed E-state index contributed by atoms with van der Waals surface area (Å²) < 4.78 is 2.28. The number of piperidine rings is 1. The highest BCUT2D eigenvalue weighted by atomic mass is 16.1. The molecule has 2 aromatic rings. The molecule has 0 bridgehead atoms. The predicted molar refractivity (Wildman–Crippen MR) is 128 cm³/mol. The summed E-state index contributed by atoms with van der Waals surface area (Å²) in [6.07, 6.45) is 10.5. The first-order valence-electron chi connectivity index (χ1n) is 12.7. The summed E-state index contributed by atoms with van der Waals surface area (Å²) in [5.74, 6) is 2.20. The highest BCUT2D eigenvalue weighted by Gasteiger charge is 2.29. The monoisotopic (exact) mass is 441 g/mol. The van der Waals surface area contributed by atoms with E-state index in [9.17, 15) is 4.79 Å². The molecule has 1 unspecified atom stereocenters. The largest absolute Gasteiger partial charge is 0.355 e. The number of aryl methyl sites for hydroxylation is 2. The van der Waals surface area contributed by atoms with E-state index in [0.29, 0.717) is 6.54 Å². The van der Waals surface area contributed by atoms with E-state index in [2.05, 4.69) is 43.5 Å². The topological polar surface area (TPSA) is 79.2 Å². The van der Waals surface area contributed by atoms with E-state index in [1.165, 1.54) is 19.3 Å². The van der Waals surface area contributed by atoms with Crippen LogP contribution in [-0.4, -0.2) is 69.6 Å². The second-order valence-corrected chi connectivity index (χ2v) is 9.28. The Morgan fingerprint density at radius 1 is 1.09 bits per heavy atom. The lowest BCUT2D eigenvalue weighted by Gasteiger charge is -2.33. The smallest absolute Gasteiger partial charge is 0.224 e. The number of fused-ring (bicyclic) bond motifs is 3. The van der Waals surface area contributed by atoms with Crippen molar-refractivity contribution in [3.8, 4) is 0 Å². The highest BCUT2D eigenvalue weighted by Crippen LogP contribution is 2.29. The number of hydrogen-bond acceptors (Lipinski definition) is 6. The number of nitrogens with zero attached hydrogens (tertiary/aromatic N) is 6. The van der Waals surface area contributed by atoms with Crippen LogP contribution in [0, 0.1) is 5.92 Å². The molecule has 1 N–H and O–H groups in total. The first-order valence-corrected chi connectivity index (χ1v) is 12.7. The summed E-state index contributed by atoms with van der Waals surface area (Å²) in [5, 5.41) is 3.20. The normalized spacial score (nSPS) is 19.2. The molecule has 0 saturated carbocycles. The fourth-order valence-electron chi connectivity index (χ4n) is 5.19. The standard InChI is InChI=1S/C24H39N7O/c1-3-12-29(13-4-2)16-11-25-24(32)19-9-8-14-30(17-19)22-21-23(27-18-26-22)31-15-7-5-6-10-20(31)28-21/h18-19H,3-17H2,1-2H3,(H,25,32). The third kappa shape index (κ3) is 5.22. The zero-order chi connectivity index (χ0) is 22.3.